The average molecular weight is 470 g/mol. The number of hydrogen-bond acceptors (Lipinski definition) is 7. The first kappa shape index (κ1) is 21.1. The first-order chi connectivity index (χ1) is 17.2. The Morgan fingerprint density at radius 2 is 1.94 bits per heavy atom. The third kappa shape index (κ3) is 3.81. The molecule has 4 aromatic rings. The van der Waals surface area contributed by atoms with E-state index in [1.54, 1.807) is 0 Å². The van der Waals surface area contributed by atoms with Crippen LogP contribution in [0, 0.1) is 0 Å². The van der Waals surface area contributed by atoms with Gasteiger partial charge in [0.1, 0.15) is 18.1 Å². The Morgan fingerprint density at radius 3 is 2.77 bits per heavy atom. The van der Waals surface area contributed by atoms with Gasteiger partial charge in [-0.1, -0.05) is 6.07 Å². The molecule has 3 aliphatic rings. The Bertz CT molecular complexity index is 1370. The maximum Gasteiger partial charge on any atom is 0.319 e. The number of aromatic nitrogens is 4. The summed E-state index contributed by atoms with van der Waals surface area (Å²) in [6.45, 7) is 3.71. The number of piperazine rings is 1. The van der Waals surface area contributed by atoms with Gasteiger partial charge in [0.05, 0.1) is 5.52 Å². The monoisotopic (exact) mass is 469 g/mol. The minimum absolute atomic E-state index is 0.429. The Labute approximate surface area is 204 Å². The van der Waals surface area contributed by atoms with Gasteiger partial charge >= 0.3 is 6.01 Å². The topological polar surface area (TPSA) is 82.2 Å². The van der Waals surface area contributed by atoms with Gasteiger partial charge in [-0.05, 0) is 69.1 Å². The van der Waals surface area contributed by atoms with Crippen molar-refractivity contribution in [3.8, 4) is 17.1 Å². The van der Waals surface area contributed by atoms with Gasteiger partial charge in [-0.2, -0.15) is 9.97 Å². The second-order valence-electron chi connectivity index (χ2n) is 10.3. The van der Waals surface area contributed by atoms with E-state index in [1.807, 2.05) is 18.5 Å². The van der Waals surface area contributed by atoms with Gasteiger partial charge in [0.25, 0.3) is 0 Å². The lowest BCUT2D eigenvalue weighted by atomic mass is 10.0. The lowest BCUT2D eigenvalue weighted by Crippen LogP contribution is -2.51. The molecular weight excluding hydrogens is 438 g/mol. The Morgan fingerprint density at radius 1 is 1.06 bits per heavy atom. The molecule has 0 saturated carbocycles. The number of H-pyrrole nitrogens is 1. The summed E-state index contributed by atoms with van der Waals surface area (Å²) < 4.78 is 6.25. The lowest BCUT2D eigenvalue weighted by Gasteiger charge is -2.34. The maximum atomic E-state index is 6.25. The summed E-state index contributed by atoms with van der Waals surface area (Å²) in [6.07, 6.45) is 8.70. The Kier molecular flexibility index (Phi) is 5.10. The van der Waals surface area contributed by atoms with Crippen molar-refractivity contribution in [3.63, 3.8) is 0 Å². The van der Waals surface area contributed by atoms with Gasteiger partial charge < -0.3 is 24.8 Å². The third-order valence-electron chi connectivity index (χ3n) is 8.01. The number of likely N-dealkylation sites (N-methyl/N-ethyl adjacent to an activating group) is 1. The number of anilines is 1. The number of aromatic amines is 1. The molecule has 0 spiro atoms. The highest BCUT2D eigenvalue weighted by Gasteiger charge is 2.34. The minimum Gasteiger partial charge on any atom is -0.462 e. The highest BCUT2D eigenvalue weighted by Crippen LogP contribution is 2.35. The van der Waals surface area contributed by atoms with E-state index in [9.17, 15) is 0 Å². The molecule has 3 aliphatic heterocycles. The van der Waals surface area contributed by atoms with Gasteiger partial charge in [0.2, 0.25) is 0 Å². The molecule has 2 N–H and O–H groups in total. The molecule has 180 valence electrons. The highest BCUT2D eigenvalue weighted by molar-refractivity contribution is 5.98. The lowest BCUT2D eigenvalue weighted by molar-refractivity contribution is 0.188. The standard InChI is InChI=1S/C27H31N7O/c1-33-11-3-4-20(33)16-35-27-31-24-12-17(23-13-29-25-21(23)5-2-10-28-25)6-9-22(24)26(32-27)34-14-18-7-8-19(15-34)30-18/h2,5-6,9-10,12-13,18-20,30H,3-4,7-8,11,14-16H2,1H3,(H,28,29)/t18?,19?,20-/m0/s1. The number of rotatable bonds is 5. The smallest absolute Gasteiger partial charge is 0.319 e. The molecule has 2 bridgehead atoms. The van der Waals surface area contributed by atoms with Crippen LogP contribution in [-0.4, -0.2) is 76.3 Å². The molecule has 3 saturated heterocycles. The van der Waals surface area contributed by atoms with E-state index >= 15 is 0 Å². The number of nitrogens with zero attached hydrogens (tertiary/aromatic N) is 5. The van der Waals surface area contributed by atoms with Crippen LogP contribution < -0.4 is 15.0 Å². The number of likely N-dealkylation sites (tertiary alicyclic amines) is 1. The average Bonchev–Trinajstić information content (AvgIpc) is 3.59. The van der Waals surface area contributed by atoms with Crippen molar-refractivity contribution in [3.05, 3.63) is 42.7 Å². The van der Waals surface area contributed by atoms with Crippen molar-refractivity contribution in [2.24, 2.45) is 0 Å². The molecule has 2 unspecified atom stereocenters. The predicted octanol–water partition coefficient (Wildman–Crippen LogP) is 3.59. The van der Waals surface area contributed by atoms with E-state index < -0.39 is 0 Å². The summed E-state index contributed by atoms with van der Waals surface area (Å²) in [5.41, 5.74) is 4.06. The minimum atomic E-state index is 0.429. The van der Waals surface area contributed by atoms with Crippen molar-refractivity contribution in [2.45, 2.75) is 43.8 Å². The normalized spacial score (nSPS) is 24.6. The summed E-state index contributed by atoms with van der Waals surface area (Å²) in [5.74, 6) is 0.996. The molecule has 0 aliphatic carbocycles. The first-order valence-electron chi connectivity index (χ1n) is 12.8. The molecule has 7 rings (SSSR count). The predicted molar refractivity (Wildman–Crippen MR) is 138 cm³/mol. The fourth-order valence-corrected chi connectivity index (χ4v) is 6.09. The second-order valence-corrected chi connectivity index (χ2v) is 10.3. The van der Waals surface area contributed by atoms with Gasteiger partial charge in [-0.3, -0.25) is 0 Å². The molecule has 3 aromatic heterocycles. The van der Waals surface area contributed by atoms with E-state index in [1.165, 1.54) is 19.3 Å². The van der Waals surface area contributed by atoms with Gasteiger partial charge in [0, 0.05) is 59.9 Å². The van der Waals surface area contributed by atoms with Crippen LogP contribution in [0.2, 0.25) is 0 Å². The summed E-state index contributed by atoms with van der Waals surface area (Å²) in [4.78, 5) is 22.4. The molecule has 1 aromatic carbocycles. The highest BCUT2D eigenvalue weighted by atomic mass is 16.5. The van der Waals surface area contributed by atoms with E-state index in [0.29, 0.717) is 30.7 Å². The van der Waals surface area contributed by atoms with Crippen LogP contribution in [0.15, 0.2) is 42.7 Å². The van der Waals surface area contributed by atoms with Crippen LogP contribution >= 0.6 is 0 Å². The third-order valence-corrected chi connectivity index (χ3v) is 8.01. The SMILES string of the molecule is CN1CCC[C@H]1COc1nc(N2CC3CCC(C2)N3)c2ccc(-c3c[nH]c4ncccc34)cc2n1. The Hall–Kier alpha value is -3.23. The number of nitrogens with one attached hydrogen (secondary N) is 2. The number of fused-ring (bicyclic) bond motifs is 4. The van der Waals surface area contributed by atoms with E-state index in [-0.39, 0.29) is 0 Å². The molecule has 3 fully saturated rings. The van der Waals surface area contributed by atoms with Crippen molar-refractivity contribution in [1.29, 1.82) is 0 Å². The zero-order valence-corrected chi connectivity index (χ0v) is 20.1. The fourth-order valence-electron chi connectivity index (χ4n) is 6.09. The van der Waals surface area contributed by atoms with E-state index in [2.05, 4.69) is 56.4 Å². The van der Waals surface area contributed by atoms with Crippen LogP contribution in [0.3, 0.4) is 0 Å². The van der Waals surface area contributed by atoms with Crippen LogP contribution in [-0.2, 0) is 0 Å². The van der Waals surface area contributed by atoms with Crippen molar-refractivity contribution >= 4 is 27.8 Å². The first-order valence-corrected chi connectivity index (χ1v) is 12.8. The van der Waals surface area contributed by atoms with Crippen LogP contribution in [0.1, 0.15) is 25.7 Å². The molecule has 0 amide bonds. The van der Waals surface area contributed by atoms with Crippen LogP contribution in [0.4, 0.5) is 5.82 Å². The van der Waals surface area contributed by atoms with Gasteiger partial charge in [-0.15, -0.1) is 0 Å². The number of hydrogen-bond donors (Lipinski definition) is 2. The zero-order chi connectivity index (χ0) is 23.4. The molecule has 3 atom stereocenters. The van der Waals surface area contributed by atoms with Gasteiger partial charge in [0.15, 0.2) is 0 Å². The number of ether oxygens (including phenoxy) is 1. The summed E-state index contributed by atoms with van der Waals surface area (Å²) in [5, 5.41) is 5.93. The zero-order valence-electron chi connectivity index (χ0n) is 20.1. The Balaban J connectivity index is 1.29. The molecular formula is C27H31N7O. The van der Waals surface area contributed by atoms with E-state index in [0.717, 1.165) is 64.9 Å². The molecule has 0 radical (unpaired) electrons. The molecule has 8 heteroatoms. The molecule has 8 nitrogen and oxygen atoms in total. The molecule has 6 heterocycles. The van der Waals surface area contributed by atoms with Gasteiger partial charge in [-0.25, -0.2) is 4.98 Å². The van der Waals surface area contributed by atoms with Crippen molar-refractivity contribution in [2.75, 3.05) is 38.2 Å². The van der Waals surface area contributed by atoms with E-state index in [4.69, 9.17) is 14.7 Å². The van der Waals surface area contributed by atoms with Crippen LogP contribution in [0.25, 0.3) is 33.1 Å². The van der Waals surface area contributed by atoms with Crippen molar-refractivity contribution < 1.29 is 4.74 Å². The summed E-state index contributed by atoms with van der Waals surface area (Å²) in [6, 6.07) is 12.6. The number of pyridine rings is 1. The summed E-state index contributed by atoms with van der Waals surface area (Å²) in [7, 11) is 2.17. The fraction of sp³-hybridized carbons (Fsp3) is 0.444. The quantitative estimate of drug-likeness (QED) is 0.462. The largest absolute Gasteiger partial charge is 0.462 e. The molecule has 35 heavy (non-hydrogen) atoms. The second kappa shape index (κ2) is 8.46. The van der Waals surface area contributed by atoms with Crippen molar-refractivity contribution in [1.82, 2.24) is 30.2 Å². The maximum absolute atomic E-state index is 6.25. The number of benzene rings is 1. The van der Waals surface area contributed by atoms with Crippen LogP contribution in [0.5, 0.6) is 6.01 Å². The summed E-state index contributed by atoms with van der Waals surface area (Å²) >= 11 is 0.